The Morgan fingerprint density at radius 3 is 2.56 bits per heavy atom. The Morgan fingerprint density at radius 2 is 1.81 bits per heavy atom. The number of nitrogens with zero attached hydrogens (tertiary/aromatic N) is 2. The SMILES string of the molecule is COc1cc2ncnc(-c3ccc4c(c3)CC(NS(=O)O)C4)c2cc1OC. The highest BCUT2D eigenvalue weighted by atomic mass is 32.2. The van der Waals surface area contributed by atoms with Crippen molar-refractivity contribution in [1.82, 2.24) is 14.7 Å². The second-order valence-corrected chi connectivity index (χ2v) is 7.14. The van der Waals surface area contributed by atoms with Gasteiger partial charge >= 0.3 is 0 Å². The molecular weight excluding hydrogens is 366 g/mol. The van der Waals surface area contributed by atoms with Crippen molar-refractivity contribution in [3.05, 3.63) is 47.8 Å². The molecule has 0 saturated heterocycles. The smallest absolute Gasteiger partial charge is 0.231 e. The van der Waals surface area contributed by atoms with E-state index in [1.807, 2.05) is 18.2 Å². The van der Waals surface area contributed by atoms with E-state index in [-0.39, 0.29) is 6.04 Å². The van der Waals surface area contributed by atoms with Crippen molar-refractivity contribution in [3.63, 3.8) is 0 Å². The van der Waals surface area contributed by atoms with Crippen molar-refractivity contribution in [1.29, 1.82) is 0 Å². The van der Waals surface area contributed by atoms with Gasteiger partial charge in [0.15, 0.2) is 11.5 Å². The third kappa shape index (κ3) is 3.39. The van der Waals surface area contributed by atoms with Crippen LogP contribution in [0.15, 0.2) is 36.7 Å². The van der Waals surface area contributed by atoms with Crippen molar-refractivity contribution in [3.8, 4) is 22.8 Å². The lowest BCUT2D eigenvalue weighted by molar-refractivity contribution is 0.356. The van der Waals surface area contributed by atoms with Crippen LogP contribution in [0.1, 0.15) is 11.1 Å². The van der Waals surface area contributed by atoms with Gasteiger partial charge in [-0.25, -0.2) is 18.9 Å². The molecule has 4 rings (SSSR count). The predicted molar refractivity (Wildman–Crippen MR) is 103 cm³/mol. The lowest BCUT2D eigenvalue weighted by Gasteiger charge is -2.11. The van der Waals surface area contributed by atoms with Crippen molar-refractivity contribution in [2.45, 2.75) is 18.9 Å². The van der Waals surface area contributed by atoms with Gasteiger partial charge in [0.1, 0.15) is 6.33 Å². The summed E-state index contributed by atoms with van der Waals surface area (Å²) in [5.74, 6) is 1.24. The lowest BCUT2D eigenvalue weighted by atomic mass is 10.0. The highest BCUT2D eigenvalue weighted by molar-refractivity contribution is 7.77. The molecular formula is C19H19N3O4S. The summed E-state index contributed by atoms with van der Waals surface area (Å²) in [6.45, 7) is 0. The van der Waals surface area contributed by atoms with Gasteiger partial charge in [-0.2, -0.15) is 0 Å². The number of benzene rings is 2. The van der Waals surface area contributed by atoms with Crippen LogP contribution < -0.4 is 14.2 Å². The van der Waals surface area contributed by atoms with Crippen molar-refractivity contribution < 1.29 is 18.2 Å². The Balaban J connectivity index is 1.77. The molecule has 1 aromatic heterocycles. The highest BCUT2D eigenvalue weighted by Crippen LogP contribution is 2.36. The van der Waals surface area contributed by atoms with Gasteiger partial charge < -0.3 is 9.47 Å². The Kier molecular flexibility index (Phi) is 4.77. The van der Waals surface area contributed by atoms with E-state index in [2.05, 4.69) is 26.8 Å². The van der Waals surface area contributed by atoms with E-state index in [1.165, 1.54) is 11.9 Å². The van der Waals surface area contributed by atoms with E-state index in [0.29, 0.717) is 17.9 Å². The molecule has 2 N–H and O–H groups in total. The quantitative estimate of drug-likeness (QED) is 0.656. The Morgan fingerprint density at radius 1 is 1.07 bits per heavy atom. The molecule has 27 heavy (non-hydrogen) atoms. The first-order valence-corrected chi connectivity index (χ1v) is 9.55. The molecule has 1 aliphatic carbocycles. The lowest BCUT2D eigenvalue weighted by Crippen LogP contribution is -2.30. The first kappa shape index (κ1) is 17.8. The summed E-state index contributed by atoms with van der Waals surface area (Å²) < 4.78 is 33.5. The molecule has 2 aromatic carbocycles. The van der Waals surface area contributed by atoms with Gasteiger partial charge in [-0.3, -0.25) is 4.55 Å². The first-order valence-electron chi connectivity index (χ1n) is 8.45. The Hall–Kier alpha value is -2.55. The molecule has 3 aromatic rings. The zero-order valence-corrected chi connectivity index (χ0v) is 15.7. The molecule has 0 fully saturated rings. The number of hydrogen-bond acceptors (Lipinski definition) is 5. The maximum atomic E-state index is 11.0. The summed E-state index contributed by atoms with van der Waals surface area (Å²) in [5, 5.41) is 0.874. The zero-order chi connectivity index (χ0) is 19.0. The fraction of sp³-hybridized carbons (Fsp3) is 0.263. The van der Waals surface area contributed by atoms with Crippen LogP contribution in [0.25, 0.3) is 22.2 Å². The molecule has 0 saturated carbocycles. The molecule has 0 aliphatic heterocycles. The van der Waals surface area contributed by atoms with Gasteiger partial charge in [0.25, 0.3) is 0 Å². The van der Waals surface area contributed by atoms with Gasteiger partial charge in [0.05, 0.1) is 25.4 Å². The molecule has 2 unspecified atom stereocenters. The zero-order valence-electron chi connectivity index (χ0n) is 14.9. The second-order valence-electron chi connectivity index (χ2n) is 6.40. The van der Waals surface area contributed by atoms with Gasteiger partial charge in [0.2, 0.25) is 11.3 Å². The van der Waals surface area contributed by atoms with E-state index in [9.17, 15) is 4.21 Å². The summed E-state index contributed by atoms with van der Waals surface area (Å²) >= 11 is -2.01. The highest BCUT2D eigenvalue weighted by Gasteiger charge is 2.23. The van der Waals surface area contributed by atoms with E-state index in [4.69, 9.17) is 14.0 Å². The van der Waals surface area contributed by atoms with Gasteiger partial charge in [-0.1, -0.05) is 12.1 Å². The molecule has 0 bridgehead atoms. The fourth-order valence-electron chi connectivity index (χ4n) is 3.60. The minimum absolute atomic E-state index is 0.0346. The monoisotopic (exact) mass is 385 g/mol. The molecule has 0 radical (unpaired) electrons. The Bertz CT molecular complexity index is 1040. The number of methoxy groups -OCH3 is 2. The molecule has 140 valence electrons. The molecule has 1 aliphatic rings. The van der Waals surface area contributed by atoms with Crippen molar-refractivity contribution in [2.75, 3.05) is 14.2 Å². The molecule has 0 spiro atoms. The molecule has 2 atom stereocenters. The number of aromatic nitrogens is 2. The standard InChI is InChI=1S/C19H19N3O4S/c1-25-17-8-15-16(9-18(17)26-2)20-10-21-19(15)12-4-3-11-6-14(22-27(23)24)7-13(11)5-12/h3-5,8-10,14,22H,6-7H2,1-2H3,(H,23,24). The number of hydrogen-bond donors (Lipinski definition) is 2. The molecule has 8 heteroatoms. The average molecular weight is 385 g/mol. The summed E-state index contributed by atoms with van der Waals surface area (Å²) in [6, 6.07) is 9.86. The van der Waals surface area contributed by atoms with Crippen LogP contribution in [0.5, 0.6) is 11.5 Å². The van der Waals surface area contributed by atoms with E-state index in [1.54, 1.807) is 14.2 Å². The van der Waals surface area contributed by atoms with Crippen molar-refractivity contribution >= 4 is 22.2 Å². The number of rotatable bonds is 5. The predicted octanol–water partition coefficient (Wildman–Crippen LogP) is 2.51. The van der Waals surface area contributed by atoms with Crippen LogP contribution in [0.4, 0.5) is 0 Å². The maximum Gasteiger partial charge on any atom is 0.231 e. The van der Waals surface area contributed by atoms with E-state index < -0.39 is 11.3 Å². The van der Waals surface area contributed by atoms with E-state index in [0.717, 1.165) is 34.1 Å². The van der Waals surface area contributed by atoms with Crippen LogP contribution in [0.3, 0.4) is 0 Å². The summed E-state index contributed by atoms with van der Waals surface area (Å²) in [5.41, 5.74) is 4.89. The maximum absolute atomic E-state index is 11.0. The van der Waals surface area contributed by atoms with E-state index >= 15 is 0 Å². The van der Waals surface area contributed by atoms with Gasteiger partial charge in [-0.15, -0.1) is 0 Å². The minimum Gasteiger partial charge on any atom is -0.493 e. The molecule has 0 amide bonds. The number of ether oxygens (including phenoxy) is 2. The third-order valence-electron chi connectivity index (χ3n) is 4.82. The number of nitrogens with one attached hydrogen (secondary N) is 1. The van der Waals surface area contributed by atoms with Crippen LogP contribution in [0, 0.1) is 0 Å². The summed E-state index contributed by atoms with van der Waals surface area (Å²) in [6.07, 6.45) is 2.98. The Labute approximate surface area is 159 Å². The first-order chi connectivity index (χ1) is 13.1. The van der Waals surface area contributed by atoms with Crippen LogP contribution in [-0.2, 0) is 24.1 Å². The van der Waals surface area contributed by atoms with Crippen LogP contribution >= 0.6 is 0 Å². The minimum atomic E-state index is -2.01. The number of fused-ring (bicyclic) bond motifs is 2. The molecule has 1 heterocycles. The van der Waals surface area contributed by atoms with Crippen LogP contribution in [0.2, 0.25) is 0 Å². The molecule has 7 nitrogen and oxygen atoms in total. The second kappa shape index (κ2) is 7.22. The van der Waals surface area contributed by atoms with Gasteiger partial charge in [0, 0.05) is 23.1 Å². The van der Waals surface area contributed by atoms with Crippen molar-refractivity contribution in [2.24, 2.45) is 0 Å². The summed E-state index contributed by atoms with van der Waals surface area (Å²) in [7, 11) is 3.19. The fourth-order valence-corrected chi connectivity index (χ4v) is 4.06. The topological polar surface area (TPSA) is 93.6 Å². The summed E-state index contributed by atoms with van der Waals surface area (Å²) in [4.78, 5) is 8.84. The van der Waals surface area contributed by atoms with Gasteiger partial charge in [-0.05, 0) is 36.1 Å². The average Bonchev–Trinajstić information content (AvgIpc) is 3.06. The largest absolute Gasteiger partial charge is 0.493 e. The normalized spacial score (nSPS) is 16.9. The van der Waals surface area contributed by atoms with Crippen LogP contribution in [-0.4, -0.2) is 39.0 Å². The third-order valence-corrected chi connectivity index (χ3v) is 5.36.